The Bertz CT molecular complexity index is 1360. The lowest BCUT2D eigenvalue weighted by atomic mass is 9.62. The van der Waals surface area contributed by atoms with Crippen molar-refractivity contribution in [1.82, 2.24) is 4.90 Å². The SMILES string of the molecule is C1CCC(C2CCC(C3CCC(N(C4CCC(C5CCC(C6CCCCC6)CC5)CC4)C4CCCC(C5CCCC6C7CCC8OC9CCCCC9C8C7SC56)C4)CC3)CC2)CC1. The summed E-state index contributed by atoms with van der Waals surface area (Å²) in [6.07, 6.45) is 61.6. The number of hydrogen-bond acceptors (Lipinski definition) is 3. The minimum Gasteiger partial charge on any atom is -0.374 e. The average molecular weight is 883 g/mol. The van der Waals surface area contributed by atoms with Gasteiger partial charge in [0.15, 0.2) is 0 Å². The van der Waals surface area contributed by atoms with Crippen molar-refractivity contribution in [3.8, 4) is 0 Å². The van der Waals surface area contributed by atoms with E-state index in [4.69, 9.17) is 4.74 Å². The molecule has 2 nitrogen and oxygen atoms in total. The maximum absolute atomic E-state index is 6.95. The highest BCUT2D eigenvalue weighted by molar-refractivity contribution is 8.00. The number of hydrogen-bond donors (Lipinski definition) is 0. The molecule has 12 aliphatic rings. The van der Waals surface area contributed by atoms with E-state index in [1.807, 2.05) is 0 Å². The third-order valence-electron chi connectivity index (χ3n) is 24.0. The van der Waals surface area contributed by atoms with Crippen LogP contribution in [-0.4, -0.2) is 45.7 Å². The molecule has 2 aliphatic heterocycles. The fraction of sp³-hybridized carbons (Fsp3) is 1.00. The van der Waals surface area contributed by atoms with Crippen molar-refractivity contribution in [3.63, 3.8) is 0 Å². The lowest BCUT2D eigenvalue weighted by Gasteiger charge is -2.52. The number of nitrogens with zero attached hydrogens (tertiary/aromatic N) is 1. The first-order valence-corrected chi connectivity index (χ1v) is 31.2. The Balaban J connectivity index is 0.711. The standard InChI is InChI=1S/C60H99NOS/c1-3-11-40(12-4-1)42-21-25-44(26-22-42)46-29-33-49(34-30-46)61(50-35-31-47(32-36-50)45-27-23-43(24-28-45)41-13-5-2-6-14-41)51-16-9-15-48(39-51)52-18-10-19-53-54-37-38-57-58(60(54)63-59(52)53)55-17-7-8-20-56(55)62-57/h40-60H,1-39H2. The molecule has 2 saturated heterocycles. The van der Waals surface area contributed by atoms with Gasteiger partial charge < -0.3 is 4.74 Å². The number of rotatable bonds is 8. The van der Waals surface area contributed by atoms with Gasteiger partial charge in [0.2, 0.25) is 0 Å². The Hall–Kier alpha value is 0.270. The van der Waals surface area contributed by atoms with Crippen LogP contribution in [0, 0.1) is 82.9 Å². The second-order valence-corrected chi connectivity index (χ2v) is 28.0. The Labute approximate surface area is 393 Å². The van der Waals surface area contributed by atoms with Gasteiger partial charge >= 0.3 is 0 Å². The third-order valence-corrected chi connectivity index (χ3v) is 26.0. The Morgan fingerprint density at radius 2 is 0.698 bits per heavy atom. The topological polar surface area (TPSA) is 12.5 Å². The zero-order chi connectivity index (χ0) is 41.7. The molecule has 11 atom stereocenters. The quantitative estimate of drug-likeness (QED) is 0.241. The van der Waals surface area contributed by atoms with Gasteiger partial charge in [0, 0.05) is 34.5 Å². The Morgan fingerprint density at radius 1 is 0.270 bits per heavy atom. The lowest BCUT2D eigenvalue weighted by Crippen LogP contribution is -2.54. The molecule has 10 saturated carbocycles. The zero-order valence-corrected chi connectivity index (χ0v) is 41.8. The van der Waals surface area contributed by atoms with E-state index >= 15 is 0 Å². The molecule has 0 spiro atoms. The predicted octanol–water partition coefficient (Wildman–Crippen LogP) is 16.6. The number of fused-ring (bicyclic) bond motifs is 7. The van der Waals surface area contributed by atoms with E-state index in [0.29, 0.717) is 12.2 Å². The zero-order valence-electron chi connectivity index (χ0n) is 41.0. The van der Waals surface area contributed by atoms with Crippen LogP contribution >= 0.6 is 11.8 Å². The van der Waals surface area contributed by atoms with Crippen LogP contribution in [0.1, 0.15) is 250 Å². The molecule has 63 heavy (non-hydrogen) atoms. The molecular weight excluding hydrogens is 783 g/mol. The Morgan fingerprint density at radius 3 is 1.27 bits per heavy atom. The van der Waals surface area contributed by atoms with Crippen molar-refractivity contribution in [2.45, 2.75) is 291 Å². The van der Waals surface area contributed by atoms with Crippen molar-refractivity contribution in [2.24, 2.45) is 82.9 Å². The summed E-state index contributed by atoms with van der Waals surface area (Å²) < 4.78 is 6.95. The second kappa shape index (κ2) is 20.3. The van der Waals surface area contributed by atoms with Gasteiger partial charge in [-0.15, -0.1) is 0 Å². The van der Waals surface area contributed by atoms with E-state index in [2.05, 4.69) is 16.7 Å². The molecule has 12 fully saturated rings. The fourth-order valence-electron chi connectivity index (χ4n) is 21.0. The molecule has 0 aromatic carbocycles. The van der Waals surface area contributed by atoms with Crippen LogP contribution in [-0.2, 0) is 4.74 Å². The van der Waals surface area contributed by atoms with Gasteiger partial charge in [-0.1, -0.05) is 96.3 Å². The first-order chi connectivity index (χ1) is 31.2. The summed E-state index contributed by atoms with van der Waals surface area (Å²) >= 11 is 2.63. The van der Waals surface area contributed by atoms with Crippen LogP contribution in [0.2, 0.25) is 0 Å². The lowest BCUT2D eigenvalue weighted by molar-refractivity contribution is -0.0199. The summed E-state index contributed by atoms with van der Waals surface area (Å²) in [5.41, 5.74) is 0. The highest BCUT2D eigenvalue weighted by atomic mass is 32.2. The number of ether oxygens (including phenoxy) is 1. The highest BCUT2D eigenvalue weighted by Gasteiger charge is 2.60. The normalized spacial score (nSPS) is 50.3. The average Bonchev–Trinajstić information content (AvgIpc) is 3.94. The third kappa shape index (κ3) is 9.26. The summed E-state index contributed by atoms with van der Waals surface area (Å²) in [7, 11) is 0. The smallest absolute Gasteiger partial charge is 0.0621 e. The summed E-state index contributed by atoms with van der Waals surface area (Å²) in [5.74, 6) is 14.6. The minimum atomic E-state index is 0.622. The molecule has 10 aliphatic carbocycles. The molecule has 0 amide bonds. The van der Waals surface area contributed by atoms with E-state index in [0.717, 1.165) is 111 Å². The molecule has 3 heteroatoms. The molecule has 12 rings (SSSR count). The van der Waals surface area contributed by atoms with Gasteiger partial charge in [-0.2, -0.15) is 11.8 Å². The van der Waals surface area contributed by atoms with Crippen LogP contribution in [0.3, 0.4) is 0 Å². The largest absolute Gasteiger partial charge is 0.374 e. The van der Waals surface area contributed by atoms with Gasteiger partial charge in [-0.25, -0.2) is 0 Å². The van der Waals surface area contributed by atoms with Crippen LogP contribution < -0.4 is 0 Å². The van der Waals surface area contributed by atoms with Crippen LogP contribution in [0.5, 0.6) is 0 Å². The van der Waals surface area contributed by atoms with Gasteiger partial charge in [-0.05, 0) is 231 Å². The first kappa shape index (κ1) is 44.5. The maximum Gasteiger partial charge on any atom is 0.0621 e. The van der Waals surface area contributed by atoms with Crippen molar-refractivity contribution >= 4 is 11.8 Å². The summed E-state index contributed by atoms with van der Waals surface area (Å²) in [4.78, 5) is 3.43. The van der Waals surface area contributed by atoms with Gasteiger partial charge in [0.1, 0.15) is 0 Å². The fourth-order valence-corrected chi connectivity index (χ4v) is 23.5. The molecule has 0 radical (unpaired) electrons. The van der Waals surface area contributed by atoms with Crippen LogP contribution in [0.4, 0.5) is 0 Å². The summed E-state index contributed by atoms with van der Waals surface area (Å²) in [6, 6.07) is 2.71. The molecule has 2 heterocycles. The van der Waals surface area contributed by atoms with Crippen LogP contribution in [0.25, 0.3) is 0 Å². The highest BCUT2D eigenvalue weighted by Crippen LogP contribution is 2.64. The van der Waals surface area contributed by atoms with Crippen molar-refractivity contribution in [2.75, 3.05) is 0 Å². The van der Waals surface area contributed by atoms with Gasteiger partial charge in [0.05, 0.1) is 12.2 Å². The van der Waals surface area contributed by atoms with Crippen molar-refractivity contribution < 1.29 is 4.74 Å². The van der Waals surface area contributed by atoms with Crippen LogP contribution in [0.15, 0.2) is 0 Å². The van der Waals surface area contributed by atoms with Gasteiger partial charge in [-0.3, -0.25) is 4.90 Å². The van der Waals surface area contributed by atoms with E-state index in [1.165, 1.54) is 83.5 Å². The molecule has 356 valence electrons. The van der Waals surface area contributed by atoms with E-state index < -0.39 is 0 Å². The molecule has 0 bridgehead atoms. The predicted molar refractivity (Wildman–Crippen MR) is 266 cm³/mol. The Kier molecular flexibility index (Phi) is 14.3. The summed E-state index contributed by atoms with van der Waals surface area (Å²) in [6.45, 7) is 0. The van der Waals surface area contributed by atoms with E-state index in [1.54, 1.807) is 167 Å². The first-order valence-electron chi connectivity index (χ1n) is 30.3. The molecule has 0 aromatic heterocycles. The molecule has 0 N–H and O–H groups in total. The van der Waals surface area contributed by atoms with E-state index in [-0.39, 0.29) is 0 Å². The molecular formula is C60H99NOS. The molecule has 11 unspecified atom stereocenters. The number of thioether (sulfide) groups is 1. The van der Waals surface area contributed by atoms with E-state index in [9.17, 15) is 0 Å². The maximum atomic E-state index is 6.95. The minimum absolute atomic E-state index is 0.622. The summed E-state index contributed by atoms with van der Waals surface area (Å²) in [5, 5.41) is 1.93. The van der Waals surface area contributed by atoms with Gasteiger partial charge in [0.25, 0.3) is 0 Å². The van der Waals surface area contributed by atoms with Crippen molar-refractivity contribution in [1.29, 1.82) is 0 Å². The monoisotopic (exact) mass is 882 g/mol. The van der Waals surface area contributed by atoms with Crippen molar-refractivity contribution in [3.05, 3.63) is 0 Å². The second-order valence-electron chi connectivity index (χ2n) is 26.6. The molecule has 0 aromatic rings.